The summed E-state index contributed by atoms with van der Waals surface area (Å²) in [4.78, 5) is 11.2. The van der Waals surface area contributed by atoms with Crippen molar-refractivity contribution in [3.05, 3.63) is 0 Å². The van der Waals surface area contributed by atoms with E-state index in [0.717, 1.165) is 0 Å². The van der Waals surface area contributed by atoms with Gasteiger partial charge in [-0.2, -0.15) is 0 Å². The first-order valence-electron chi connectivity index (χ1n) is 4.88. The van der Waals surface area contributed by atoms with E-state index in [9.17, 15) is 9.90 Å². The molecule has 3 rings (SSSR count). The highest BCUT2D eigenvalue weighted by molar-refractivity contribution is 5.76. The van der Waals surface area contributed by atoms with Gasteiger partial charge in [-0.25, -0.2) is 4.79 Å². The van der Waals surface area contributed by atoms with Crippen molar-refractivity contribution in [2.75, 3.05) is 0 Å². The maximum absolute atomic E-state index is 11.2. The molecule has 15 heavy (non-hydrogen) atoms. The minimum Gasteiger partial charge on any atom is -0.431 e. The summed E-state index contributed by atoms with van der Waals surface area (Å²) in [6.07, 6.45) is -3.59. The number of hydrogen-bond donors (Lipinski definition) is 1. The molecule has 0 aromatic carbocycles. The Labute approximate surface area is 86.1 Å². The van der Waals surface area contributed by atoms with Crippen LogP contribution in [0.25, 0.3) is 0 Å². The van der Waals surface area contributed by atoms with Crippen LogP contribution in [0.3, 0.4) is 0 Å². The highest BCUT2D eigenvalue weighted by Crippen LogP contribution is 2.42. The van der Waals surface area contributed by atoms with Crippen LogP contribution in [0.2, 0.25) is 0 Å². The van der Waals surface area contributed by atoms with Gasteiger partial charge in [0.2, 0.25) is 6.29 Å². The second-order valence-corrected chi connectivity index (χ2v) is 4.42. The van der Waals surface area contributed by atoms with Gasteiger partial charge in [-0.05, 0) is 13.8 Å². The summed E-state index contributed by atoms with van der Waals surface area (Å²) in [6.45, 7) is 3.55. The Morgan fingerprint density at radius 2 is 1.87 bits per heavy atom. The molecule has 1 N–H and O–H groups in total. The highest BCUT2D eigenvalue weighted by atomic mass is 16.8. The van der Waals surface area contributed by atoms with E-state index in [0.29, 0.717) is 0 Å². The number of aliphatic hydroxyl groups excluding tert-OH is 1. The van der Waals surface area contributed by atoms with Crippen LogP contribution in [0.4, 0.5) is 0 Å². The summed E-state index contributed by atoms with van der Waals surface area (Å²) in [7, 11) is 0. The molecule has 0 spiro atoms. The van der Waals surface area contributed by atoms with Gasteiger partial charge >= 0.3 is 5.97 Å². The predicted molar refractivity (Wildman–Crippen MR) is 44.6 cm³/mol. The maximum Gasteiger partial charge on any atom is 0.340 e. The first-order valence-corrected chi connectivity index (χ1v) is 4.88. The molecule has 6 nitrogen and oxygen atoms in total. The van der Waals surface area contributed by atoms with Crippen LogP contribution in [-0.4, -0.2) is 47.6 Å². The molecule has 0 aliphatic carbocycles. The number of hydrogen-bond acceptors (Lipinski definition) is 6. The number of rotatable bonds is 0. The summed E-state index contributed by atoms with van der Waals surface area (Å²) in [6, 6.07) is 0. The van der Waals surface area contributed by atoms with Crippen molar-refractivity contribution in [2.24, 2.45) is 0 Å². The van der Waals surface area contributed by atoms with Gasteiger partial charge in [0.15, 0.2) is 18.0 Å². The third-order valence-corrected chi connectivity index (χ3v) is 2.83. The Bertz CT molecular complexity index is 314. The van der Waals surface area contributed by atoms with E-state index in [2.05, 4.69) is 0 Å². The van der Waals surface area contributed by atoms with Crippen LogP contribution in [0, 0.1) is 0 Å². The first-order chi connectivity index (χ1) is 6.98. The summed E-state index contributed by atoms with van der Waals surface area (Å²) in [5.41, 5.74) is 0. The molecule has 3 heterocycles. The van der Waals surface area contributed by atoms with Crippen LogP contribution in [-0.2, 0) is 23.7 Å². The number of fused-ring (bicyclic) bond motifs is 5. The molecule has 0 aromatic heterocycles. The predicted octanol–water partition coefficient (Wildman–Crippen LogP) is -0.851. The number of esters is 1. The summed E-state index contributed by atoms with van der Waals surface area (Å²) in [5.74, 6) is -1.39. The Kier molecular flexibility index (Phi) is 1.72. The van der Waals surface area contributed by atoms with Gasteiger partial charge in [0, 0.05) is 0 Å². The molecule has 0 amide bonds. The molecular formula is C9H12O6. The lowest BCUT2D eigenvalue weighted by molar-refractivity contribution is -0.265. The third kappa shape index (κ3) is 1.22. The standard InChI is InChI=1S/C9H12O6/c1-9(2)14-5-4-3(10)7(11)13-8(12-4)6(5)15-9/h3-6,8,10H,1-2H3/t3-,4+,5+,6+,8-/m0/s1. The highest BCUT2D eigenvalue weighted by Gasteiger charge is 2.62. The van der Waals surface area contributed by atoms with Crippen LogP contribution in [0.15, 0.2) is 0 Å². The molecule has 3 saturated heterocycles. The van der Waals surface area contributed by atoms with Crippen LogP contribution < -0.4 is 0 Å². The lowest BCUT2D eigenvalue weighted by Gasteiger charge is -2.29. The molecule has 3 aliphatic rings. The molecule has 5 atom stereocenters. The summed E-state index contributed by atoms with van der Waals surface area (Å²) in [5, 5.41) is 9.55. The van der Waals surface area contributed by atoms with Gasteiger partial charge in [0.05, 0.1) is 0 Å². The second-order valence-electron chi connectivity index (χ2n) is 4.42. The smallest absolute Gasteiger partial charge is 0.340 e. The van der Waals surface area contributed by atoms with Crippen LogP contribution >= 0.6 is 0 Å². The molecule has 3 aliphatic heterocycles. The molecule has 3 fully saturated rings. The second kappa shape index (κ2) is 2.70. The first kappa shape index (κ1) is 9.53. The van der Waals surface area contributed by atoms with Crippen molar-refractivity contribution >= 4 is 5.97 Å². The fourth-order valence-electron chi connectivity index (χ4n) is 2.26. The third-order valence-electron chi connectivity index (χ3n) is 2.83. The van der Waals surface area contributed by atoms with Gasteiger partial charge in [0.25, 0.3) is 0 Å². The van der Waals surface area contributed by atoms with E-state index in [1.807, 2.05) is 0 Å². The lowest BCUT2D eigenvalue weighted by Crippen LogP contribution is -2.46. The topological polar surface area (TPSA) is 74.2 Å². The number of aliphatic hydroxyl groups is 1. The van der Waals surface area contributed by atoms with Gasteiger partial charge < -0.3 is 24.1 Å². The van der Waals surface area contributed by atoms with E-state index in [1.54, 1.807) is 13.8 Å². The molecule has 0 unspecified atom stereocenters. The molecule has 0 saturated carbocycles. The van der Waals surface area contributed by atoms with Gasteiger partial charge in [-0.15, -0.1) is 0 Å². The van der Waals surface area contributed by atoms with Crippen molar-refractivity contribution < 1.29 is 28.8 Å². The van der Waals surface area contributed by atoms with Crippen molar-refractivity contribution in [2.45, 2.75) is 50.3 Å². The molecule has 0 radical (unpaired) electrons. The van der Waals surface area contributed by atoms with Gasteiger partial charge in [0.1, 0.15) is 12.2 Å². The Balaban J connectivity index is 1.90. The summed E-state index contributed by atoms with van der Waals surface area (Å²) >= 11 is 0. The zero-order valence-corrected chi connectivity index (χ0v) is 8.38. The minimum atomic E-state index is -1.28. The summed E-state index contributed by atoms with van der Waals surface area (Å²) < 4.78 is 21.3. The Morgan fingerprint density at radius 3 is 2.60 bits per heavy atom. The Morgan fingerprint density at radius 1 is 1.20 bits per heavy atom. The number of carbonyl (C=O) groups excluding carboxylic acids is 1. The average molecular weight is 216 g/mol. The van der Waals surface area contributed by atoms with Crippen molar-refractivity contribution in [1.29, 1.82) is 0 Å². The van der Waals surface area contributed by atoms with E-state index in [-0.39, 0.29) is 0 Å². The van der Waals surface area contributed by atoms with Crippen molar-refractivity contribution in [3.63, 3.8) is 0 Å². The zero-order chi connectivity index (χ0) is 10.8. The van der Waals surface area contributed by atoms with Gasteiger partial charge in [-0.3, -0.25) is 0 Å². The van der Waals surface area contributed by atoms with Gasteiger partial charge in [-0.1, -0.05) is 0 Å². The number of carbonyl (C=O) groups is 1. The molecule has 6 heteroatoms. The van der Waals surface area contributed by atoms with Crippen LogP contribution in [0.5, 0.6) is 0 Å². The Hall–Kier alpha value is -0.690. The minimum absolute atomic E-state index is 0.438. The van der Waals surface area contributed by atoms with E-state index in [1.165, 1.54) is 0 Å². The largest absolute Gasteiger partial charge is 0.431 e. The molecular weight excluding hydrogens is 204 g/mol. The van der Waals surface area contributed by atoms with Crippen molar-refractivity contribution in [1.82, 2.24) is 0 Å². The zero-order valence-electron chi connectivity index (χ0n) is 8.38. The SMILES string of the molecule is CC1(C)O[C@H]2[C@@H](O1)[C@@H]1OC(=O)[C@@H](O)[C@H]2O1. The molecule has 84 valence electrons. The fourth-order valence-corrected chi connectivity index (χ4v) is 2.26. The normalized spacial score (nSPS) is 51.4. The monoisotopic (exact) mass is 216 g/mol. The molecule has 2 bridgehead atoms. The fraction of sp³-hybridized carbons (Fsp3) is 0.889. The molecule has 0 aromatic rings. The average Bonchev–Trinajstić information content (AvgIpc) is 2.57. The maximum atomic E-state index is 11.2. The van der Waals surface area contributed by atoms with E-state index < -0.39 is 42.5 Å². The lowest BCUT2D eigenvalue weighted by atomic mass is 10.1. The van der Waals surface area contributed by atoms with Crippen molar-refractivity contribution in [3.8, 4) is 0 Å². The van der Waals surface area contributed by atoms with E-state index >= 15 is 0 Å². The van der Waals surface area contributed by atoms with Crippen LogP contribution in [0.1, 0.15) is 13.8 Å². The quantitative estimate of drug-likeness (QED) is 0.532. The number of ether oxygens (including phenoxy) is 4. The van der Waals surface area contributed by atoms with E-state index in [4.69, 9.17) is 18.9 Å².